The van der Waals surface area contributed by atoms with Gasteiger partial charge < -0.3 is 9.47 Å². The van der Waals surface area contributed by atoms with Gasteiger partial charge in [-0.3, -0.25) is 0 Å². The summed E-state index contributed by atoms with van der Waals surface area (Å²) in [6.07, 6.45) is 0.0660. The maximum Gasteiger partial charge on any atom is 0.210 e. The summed E-state index contributed by atoms with van der Waals surface area (Å²) in [5.74, 6) is 0.381. The maximum absolute atomic E-state index is 13.3. The number of ether oxygens (including phenoxy) is 2. The van der Waals surface area contributed by atoms with Gasteiger partial charge >= 0.3 is 0 Å². The molecule has 0 spiro atoms. The summed E-state index contributed by atoms with van der Waals surface area (Å²) in [6, 6.07) is 12.5. The van der Waals surface area contributed by atoms with Gasteiger partial charge in [0.05, 0.1) is 11.5 Å². The highest BCUT2D eigenvalue weighted by Gasteiger charge is 2.28. The molecule has 134 valence electrons. The highest BCUT2D eigenvalue weighted by molar-refractivity contribution is 7.91. The standard InChI is InChI=1S/C20H24O4S/c1-14-7-5-6-8-18(14)25(21,22)19-11-15(20(2,3)4)9-10-17(19)24-13-16-12-23-16/h5-11,16H,12-13H2,1-4H3. The average Bonchev–Trinajstić information content (AvgIpc) is 3.36. The van der Waals surface area contributed by atoms with Crippen molar-refractivity contribution < 1.29 is 17.9 Å². The molecule has 1 aliphatic rings. The van der Waals surface area contributed by atoms with Crippen LogP contribution in [0.3, 0.4) is 0 Å². The molecule has 1 heterocycles. The summed E-state index contributed by atoms with van der Waals surface area (Å²) in [6.45, 7) is 9.02. The smallest absolute Gasteiger partial charge is 0.210 e. The number of hydrogen-bond acceptors (Lipinski definition) is 4. The third-order valence-corrected chi connectivity index (χ3v) is 6.24. The van der Waals surface area contributed by atoms with E-state index in [4.69, 9.17) is 9.47 Å². The monoisotopic (exact) mass is 360 g/mol. The van der Waals surface area contributed by atoms with Crippen molar-refractivity contribution in [3.8, 4) is 5.75 Å². The van der Waals surface area contributed by atoms with Crippen LogP contribution in [-0.4, -0.2) is 27.7 Å². The van der Waals surface area contributed by atoms with Gasteiger partial charge in [-0.25, -0.2) is 8.42 Å². The van der Waals surface area contributed by atoms with Gasteiger partial charge in [0, 0.05) is 0 Å². The quantitative estimate of drug-likeness (QED) is 0.759. The maximum atomic E-state index is 13.3. The minimum Gasteiger partial charge on any atom is -0.489 e. The first-order chi connectivity index (χ1) is 11.7. The molecule has 3 rings (SSSR count). The molecule has 0 aromatic heterocycles. The van der Waals surface area contributed by atoms with E-state index in [1.807, 2.05) is 12.1 Å². The first-order valence-electron chi connectivity index (χ1n) is 8.39. The Morgan fingerprint density at radius 3 is 2.40 bits per heavy atom. The highest BCUT2D eigenvalue weighted by atomic mass is 32.2. The van der Waals surface area contributed by atoms with Gasteiger partial charge in [0.15, 0.2) is 0 Å². The lowest BCUT2D eigenvalue weighted by Gasteiger charge is -2.21. The van der Waals surface area contributed by atoms with E-state index in [9.17, 15) is 8.42 Å². The first kappa shape index (κ1) is 18.0. The molecule has 4 nitrogen and oxygen atoms in total. The van der Waals surface area contributed by atoms with Crippen LogP contribution in [0.4, 0.5) is 0 Å². The zero-order valence-electron chi connectivity index (χ0n) is 15.1. The van der Waals surface area contributed by atoms with Crippen LogP contribution in [-0.2, 0) is 20.0 Å². The van der Waals surface area contributed by atoms with E-state index in [0.717, 1.165) is 11.1 Å². The van der Waals surface area contributed by atoms with Crippen molar-refractivity contribution in [3.05, 3.63) is 53.6 Å². The lowest BCUT2D eigenvalue weighted by molar-refractivity contribution is 0.257. The van der Waals surface area contributed by atoms with Gasteiger partial charge in [0.25, 0.3) is 0 Å². The normalized spacial score (nSPS) is 17.4. The summed E-state index contributed by atoms with van der Waals surface area (Å²) in [4.78, 5) is 0.531. The van der Waals surface area contributed by atoms with Gasteiger partial charge in [0.1, 0.15) is 23.4 Å². The summed E-state index contributed by atoms with van der Waals surface area (Å²) in [7, 11) is -3.68. The topological polar surface area (TPSA) is 55.9 Å². The van der Waals surface area contributed by atoms with Crippen molar-refractivity contribution in [2.24, 2.45) is 0 Å². The Kier molecular flexibility index (Phi) is 4.64. The van der Waals surface area contributed by atoms with Crippen molar-refractivity contribution in [3.63, 3.8) is 0 Å². The van der Waals surface area contributed by atoms with Crippen LogP contribution < -0.4 is 4.74 Å². The fraction of sp³-hybridized carbons (Fsp3) is 0.400. The van der Waals surface area contributed by atoms with Gasteiger partial charge in [-0.15, -0.1) is 0 Å². The minimum atomic E-state index is -3.68. The van der Waals surface area contributed by atoms with Crippen molar-refractivity contribution in [1.82, 2.24) is 0 Å². The Labute approximate surface area is 149 Å². The van der Waals surface area contributed by atoms with Crippen LogP contribution in [0.5, 0.6) is 5.75 Å². The molecular formula is C20H24O4S. The summed E-state index contributed by atoms with van der Waals surface area (Å²) in [5, 5.41) is 0. The second-order valence-electron chi connectivity index (χ2n) is 7.45. The molecule has 2 aromatic carbocycles. The third-order valence-electron chi connectivity index (χ3n) is 4.31. The number of hydrogen-bond donors (Lipinski definition) is 0. The van der Waals surface area contributed by atoms with Gasteiger partial charge in [-0.2, -0.15) is 0 Å². The Bertz CT molecular complexity index is 875. The number of aryl methyl sites for hydroxylation is 1. The fourth-order valence-corrected chi connectivity index (χ4v) is 4.29. The second kappa shape index (κ2) is 6.46. The van der Waals surface area contributed by atoms with Crippen molar-refractivity contribution in [1.29, 1.82) is 0 Å². The van der Waals surface area contributed by atoms with Crippen LogP contribution in [0.2, 0.25) is 0 Å². The zero-order chi connectivity index (χ0) is 18.2. The van der Waals surface area contributed by atoms with Crippen molar-refractivity contribution in [2.45, 2.75) is 49.0 Å². The zero-order valence-corrected chi connectivity index (χ0v) is 15.9. The van der Waals surface area contributed by atoms with E-state index in [2.05, 4.69) is 20.8 Å². The van der Waals surface area contributed by atoms with Gasteiger partial charge in [-0.05, 0) is 41.7 Å². The van der Waals surface area contributed by atoms with E-state index >= 15 is 0 Å². The molecule has 0 N–H and O–H groups in total. The molecule has 0 amide bonds. The average molecular weight is 360 g/mol. The molecule has 0 radical (unpaired) electrons. The minimum absolute atomic E-state index is 0.0660. The largest absolute Gasteiger partial charge is 0.489 e. The van der Waals surface area contributed by atoms with Crippen LogP contribution in [0.15, 0.2) is 52.3 Å². The third kappa shape index (κ3) is 3.88. The van der Waals surface area contributed by atoms with E-state index in [-0.39, 0.29) is 16.4 Å². The number of benzene rings is 2. The second-order valence-corrected chi connectivity index (χ2v) is 9.33. The highest BCUT2D eigenvalue weighted by Crippen LogP contribution is 2.35. The summed E-state index contributed by atoms with van der Waals surface area (Å²) in [5.41, 5.74) is 1.52. The van der Waals surface area contributed by atoms with Crippen molar-refractivity contribution >= 4 is 9.84 Å². The van der Waals surface area contributed by atoms with Crippen LogP contribution >= 0.6 is 0 Å². The number of sulfone groups is 1. The van der Waals surface area contributed by atoms with Crippen LogP contribution in [0, 0.1) is 6.92 Å². The van der Waals surface area contributed by atoms with Crippen molar-refractivity contribution in [2.75, 3.05) is 13.2 Å². The Balaban J connectivity index is 2.11. The first-order valence-corrected chi connectivity index (χ1v) is 9.87. The predicted octanol–water partition coefficient (Wildman–Crippen LogP) is 3.90. The molecule has 25 heavy (non-hydrogen) atoms. The molecule has 1 saturated heterocycles. The SMILES string of the molecule is Cc1ccccc1S(=O)(=O)c1cc(C(C)(C)C)ccc1OCC1CO1. The molecule has 1 unspecified atom stereocenters. The van der Waals surface area contributed by atoms with Crippen LogP contribution in [0.1, 0.15) is 31.9 Å². The molecular weight excluding hydrogens is 336 g/mol. The molecule has 0 bridgehead atoms. The van der Waals surface area contributed by atoms with Gasteiger partial charge in [0.2, 0.25) is 9.84 Å². The van der Waals surface area contributed by atoms with E-state index in [1.165, 1.54) is 0 Å². The van der Waals surface area contributed by atoms with Gasteiger partial charge in [-0.1, -0.05) is 45.0 Å². The van der Waals surface area contributed by atoms with E-state index in [0.29, 0.717) is 23.9 Å². The molecule has 1 aliphatic heterocycles. The molecule has 1 fully saturated rings. The summed E-state index contributed by atoms with van der Waals surface area (Å²) < 4.78 is 37.5. The molecule has 5 heteroatoms. The van der Waals surface area contributed by atoms with E-state index < -0.39 is 9.84 Å². The lowest BCUT2D eigenvalue weighted by atomic mass is 9.87. The molecule has 1 atom stereocenters. The lowest BCUT2D eigenvalue weighted by Crippen LogP contribution is -2.15. The molecule has 0 saturated carbocycles. The Morgan fingerprint density at radius 2 is 1.80 bits per heavy atom. The predicted molar refractivity (Wildman–Crippen MR) is 97.0 cm³/mol. The molecule has 0 aliphatic carbocycles. The number of rotatable bonds is 5. The van der Waals surface area contributed by atoms with Crippen LogP contribution in [0.25, 0.3) is 0 Å². The number of epoxide rings is 1. The van der Waals surface area contributed by atoms with E-state index in [1.54, 1.807) is 37.3 Å². The Morgan fingerprint density at radius 1 is 1.12 bits per heavy atom. The Hall–Kier alpha value is -1.85. The molecule has 2 aromatic rings. The summed E-state index contributed by atoms with van der Waals surface area (Å²) >= 11 is 0. The fourth-order valence-electron chi connectivity index (χ4n) is 2.63.